The molecule has 0 saturated heterocycles. The molecule has 102 valence electrons. The monoisotopic (exact) mass is 272 g/mol. The number of benzene rings is 1. The Morgan fingerprint density at radius 1 is 1.45 bits per heavy atom. The minimum Gasteiger partial charge on any atom is -0.488 e. The van der Waals surface area contributed by atoms with Crippen molar-refractivity contribution in [2.45, 2.75) is 19.6 Å². The molecule has 1 aromatic heterocycles. The van der Waals surface area contributed by atoms with Gasteiger partial charge in [0.2, 0.25) is 0 Å². The Bertz CT molecular complexity index is 651. The van der Waals surface area contributed by atoms with Crippen LogP contribution in [0.1, 0.15) is 29.8 Å². The zero-order valence-electron chi connectivity index (χ0n) is 10.9. The van der Waals surface area contributed by atoms with Crippen LogP contribution < -0.4 is 4.74 Å². The number of hydrogen-bond acceptors (Lipinski definition) is 4. The molecule has 1 aromatic carbocycles. The first kappa shape index (κ1) is 14.0. The summed E-state index contributed by atoms with van der Waals surface area (Å²) in [7, 11) is 0. The standard InChI is InChI=1S/C15H13FN2O2/c1-10(19)13-7-12(16)4-5-15(13)20-9-11-3-2-6-18-14(11)8-17/h2-7,10,19H,9H2,1H3/t10-/m1/s1. The maximum Gasteiger partial charge on any atom is 0.147 e. The van der Waals surface area contributed by atoms with Crippen LogP contribution in [-0.2, 0) is 6.61 Å². The van der Waals surface area contributed by atoms with Crippen LogP contribution in [0.25, 0.3) is 0 Å². The van der Waals surface area contributed by atoms with Gasteiger partial charge in [0.05, 0.1) is 6.10 Å². The summed E-state index contributed by atoms with van der Waals surface area (Å²) in [4.78, 5) is 3.93. The molecule has 1 N–H and O–H groups in total. The van der Waals surface area contributed by atoms with Gasteiger partial charge in [-0.3, -0.25) is 0 Å². The van der Waals surface area contributed by atoms with Crippen LogP contribution in [0.4, 0.5) is 4.39 Å². The first-order valence-electron chi connectivity index (χ1n) is 6.06. The molecule has 0 aliphatic heterocycles. The molecular weight excluding hydrogens is 259 g/mol. The number of aromatic nitrogens is 1. The lowest BCUT2D eigenvalue weighted by atomic mass is 10.1. The van der Waals surface area contributed by atoms with Crippen molar-refractivity contribution in [3.05, 3.63) is 59.2 Å². The molecule has 0 aliphatic carbocycles. The van der Waals surface area contributed by atoms with Gasteiger partial charge in [0.15, 0.2) is 0 Å². The molecule has 5 heteroatoms. The smallest absolute Gasteiger partial charge is 0.147 e. The van der Waals surface area contributed by atoms with E-state index in [0.717, 1.165) is 0 Å². The predicted molar refractivity (Wildman–Crippen MR) is 70.3 cm³/mol. The predicted octanol–water partition coefficient (Wildman–Crippen LogP) is 2.72. The molecule has 0 saturated carbocycles. The Labute approximate surface area is 116 Å². The second kappa shape index (κ2) is 6.13. The molecule has 4 nitrogen and oxygen atoms in total. The van der Waals surface area contributed by atoms with E-state index in [2.05, 4.69) is 4.98 Å². The van der Waals surface area contributed by atoms with E-state index in [0.29, 0.717) is 16.9 Å². The van der Waals surface area contributed by atoms with E-state index in [1.807, 2.05) is 6.07 Å². The van der Waals surface area contributed by atoms with Crippen LogP contribution in [0.3, 0.4) is 0 Å². The first-order chi connectivity index (χ1) is 9.61. The van der Waals surface area contributed by atoms with Gasteiger partial charge in [-0.25, -0.2) is 9.37 Å². The third-order valence-corrected chi connectivity index (χ3v) is 2.80. The number of aliphatic hydroxyl groups excluding tert-OH is 1. The summed E-state index contributed by atoms with van der Waals surface area (Å²) in [5.41, 5.74) is 1.29. The third kappa shape index (κ3) is 3.11. The van der Waals surface area contributed by atoms with Crippen molar-refractivity contribution in [3.63, 3.8) is 0 Å². The number of ether oxygens (including phenoxy) is 1. The van der Waals surface area contributed by atoms with E-state index in [9.17, 15) is 9.50 Å². The number of aliphatic hydroxyl groups is 1. The topological polar surface area (TPSA) is 66.1 Å². The highest BCUT2D eigenvalue weighted by molar-refractivity contribution is 5.36. The van der Waals surface area contributed by atoms with E-state index in [1.54, 1.807) is 12.1 Å². The molecular formula is C15H13FN2O2. The van der Waals surface area contributed by atoms with Gasteiger partial charge in [-0.2, -0.15) is 5.26 Å². The summed E-state index contributed by atoms with van der Waals surface area (Å²) < 4.78 is 18.7. The number of pyridine rings is 1. The maximum atomic E-state index is 13.2. The molecule has 0 bridgehead atoms. The molecule has 1 atom stereocenters. The maximum absolute atomic E-state index is 13.2. The highest BCUT2D eigenvalue weighted by Crippen LogP contribution is 2.26. The Balaban J connectivity index is 2.21. The van der Waals surface area contributed by atoms with Crippen LogP contribution in [0.5, 0.6) is 5.75 Å². The molecule has 0 aliphatic rings. The normalized spacial score (nSPS) is 11.7. The Morgan fingerprint density at radius 2 is 2.25 bits per heavy atom. The number of nitriles is 1. The van der Waals surface area contributed by atoms with Gasteiger partial charge < -0.3 is 9.84 Å². The Kier molecular flexibility index (Phi) is 4.28. The van der Waals surface area contributed by atoms with Crippen LogP contribution in [0, 0.1) is 17.1 Å². The van der Waals surface area contributed by atoms with Crippen molar-refractivity contribution >= 4 is 0 Å². The van der Waals surface area contributed by atoms with Crippen molar-refractivity contribution < 1.29 is 14.2 Å². The van der Waals surface area contributed by atoms with E-state index >= 15 is 0 Å². The Hall–Kier alpha value is -2.45. The average Bonchev–Trinajstić information content (AvgIpc) is 2.46. The average molecular weight is 272 g/mol. The largest absolute Gasteiger partial charge is 0.488 e. The zero-order valence-corrected chi connectivity index (χ0v) is 10.9. The summed E-state index contributed by atoms with van der Waals surface area (Å²) in [6.07, 6.45) is 0.686. The van der Waals surface area contributed by atoms with E-state index < -0.39 is 11.9 Å². The van der Waals surface area contributed by atoms with E-state index in [-0.39, 0.29) is 12.3 Å². The molecule has 0 spiro atoms. The molecule has 0 fully saturated rings. The van der Waals surface area contributed by atoms with Crippen LogP contribution in [-0.4, -0.2) is 10.1 Å². The summed E-state index contributed by atoms with van der Waals surface area (Å²) >= 11 is 0. The fourth-order valence-corrected chi connectivity index (χ4v) is 1.79. The van der Waals surface area contributed by atoms with E-state index in [1.165, 1.54) is 31.3 Å². The van der Waals surface area contributed by atoms with Gasteiger partial charge >= 0.3 is 0 Å². The van der Waals surface area contributed by atoms with E-state index in [4.69, 9.17) is 10.00 Å². The van der Waals surface area contributed by atoms with Gasteiger partial charge in [0.25, 0.3) is 0 Å². The first-order valence-corrected chi connectivity index (χ1v) is 6.06. The fraction of sp³-hybridized carbons (Fsp3) is 0.200. The molecule has 1 heterocycles. The van der Waals surface area contributed by atoms with Gasteiger partial charge in [0.1, 0.15) is 29.9 Å². The number of halogens is 1. The molecule has 2 aromatic rings. The van der Waals surface area contributed by atoms with Gasteiger partial charge in [0, 0.05) is 17.3 Å². The minimum atomic E-state index is -0.843. The SMILES string of the molecule is C[C@@H](O)c1cc(F)ccc1OCc1cccnc1C#N. The quantitative estimate of drug-likeness (QED) is 0.929. The molecule has 0 radical (unpaired) electrons. The van der Waals surface area contributed by atoms with Crippen molar-refractivity contribution in [2.75, 3.05) is 0 Å². The highest BCUT2D eigenvalue weighted by atomic mass is 19.1. The number of hydrogen-bond donors (Lipinski definition) is 1. The lowest BCUT2D eigenvalue weighted by Crippen LogP contribution is -2.03. The van der Waals surface area contributed by atoms with Crippen LogP contribution in [0.15, 0.2) is 36.5 Å². The summed E-state index contributed by atoms with van der Waals surface area (Å²) in [6.45, 7) is 1.66. The van der Waals surface area contributed by atoms with Crippen LogP contribution in [0.2, 0.25) is 0 Å². The number of rotatable bonds is 4. The summed E-state index contributed by atoms with van der Waals surface area (Å²) in [6, 6.07) is 9.37. The van der Waals surface area contributed by atoms with Gasteiger partial charge in [-0.15, -0.1) is 0 Å². The molecule has 2 rings (SSSR count). The zero-order chi connectivity index (χ0) is 14.5. The summed E-state index contributed by atoms with van der Waals surface area (Å²) in [5, 5.41) is 18.6. The van der Waals surface area contributed by atoms with Gasteiger partial charge in [-0.1, -0.05) is 6.07 Å². The van der Waals surface area contributed by atoms with Crippen molar-refractivity contribution in [3.8, 4) is 11.8 Å². The molecule has 20 heavy (non-hydrogen) atoms. The van der Waals surface area contributed by atoms with Crippen molar-refractivity contribution in [1.29, 1.82) is 5.26 Å². The third-order valence-electron chi connectivity index (χ3n) is 2.80. The van der Waals surface area contributed by atoms with Crippen molar-refractivity contribution in [2.24, 2.45) is 0 Å². The van der Waals surface area contributed by atoms with Crippen LogP contribution >= 0.6 is 0 Å². The highest BCUT2D eigenvalue weighted by Gasteiger charge is 2.11. The van der Waals surface area contributed by atoms with Gasteiger partial charge in [-0.05, 0) is 31.2 Å². The molecule has 0 unspecified atom stereocenters. The second-order valence-corrected chi connectivity index (χ2v) is 4.27. The lowest BCUT2D eigenvalue weighted by molar-refractivity contribution is 0.189. The van der Waals surface area contributed by atoms with Crippen molar-refractivity contribution in [1.82, 2.24) is 4.98 Å². The lowest BCUT2D eigenvalue weighted by Gasteiger charge is -2.13. The minimum absolute atomic E-state index is 0.127. The summed E-state index contributed by atoms with van der Waals surface area (Å²) in [5.74, 6) is -0.0542. The number of nitrogens with zero attached hydrogens (tertiary/aromatic N) is 2. The fourth-order valence-electron chi connectivity index (χ4n) is 1.79. The molecule has 0 amide bonds. The second-order valence-electron chi connectivity index (χ2n) is 4.27. The Morgan fingerprint density at radius 3 is 2.95 bits per heavy atom.